The summed E-state index contributed by atoms with van der Waals surface area (Å²) in [5.41, 5.74) is 3.88. The maximum absolute atomic E-state index is 11.0. The Morgan fingerprint density at radius 1 is 0.781 bits per heavy atom. The van der Waals surface area contributed by atoms with E-state index in [2.05, 4.69) is 0 Å². The van der Waals surface area contributed by atoms with Gasteiger partial charge in [0.25, 0.3) is 0 Å². The highest BCUT2D eigenvalue weighted by atomic mass is 16.5. The van der Waals surface area contributed by atoms with Crippen molar-refractivity contribution in [2.24, 2.45) is 5.10 Å². The number of hydrogen-bond donors (Lipinski definition) is 1. The topological polar surface area (TPSA) is 62.1 Å². The Kier molecular flexibility index (Phi) is 6.58. The van der Waals surface area contributed by atoms with Crippen LogP contribution in [0.2, 0.25) is 0 Å². The fourth-order valence-corrected chi connectivity index (χ4v) is 3.16. The Labute approximate surface area is 186 Å². The first-order valence-corrected chi connectivity index (χ1v) is 10.2. The van der Waals surface area contributed by atoms with Crippen molar-refractivity contribution in [3.05, 3.63) is 126 Å². The Balaban J connectivity index is 1.55. The summed E-state index contributed by atoms with van der Waals surface area (Å²) in [6.45, 7) is 0.325. The lowest BCUT2D eigenvalue weighted by Gasteiger charge is -2.19. The van der Waals surface area contributed by atoms with E-state index in [9.17, 15) is 4.79 Å². The van der Waals surface area contributed by atoms with Gasteiger partial charge >= 0.3 is 5.97 Å². The van der Waals surface area contributed by atoms with Crippen molar-refractivity contribution in [2.45, 2.75) is 6.61 Å². The first-order valence-electron chi connectivity index (χ1n) is 10.2. The van der Waals surface area contributed by atoms with Gasteiger partial charge in [-0.05, 0) is 54.1 Å². The van der Waals surface area contributed by atoms with E-state index in [1.807, 2.05) is 89.9 Å². The van der Waals surface area contributed by atoms with Crippen LogP contribution in [0.15, 0.2) is 114 Å². The predicted octanol–water partition coefficient (Wildman–Crippen LogP) is 6.14. The van der Waals surface area contributed by atoms with Gasteiger partial charge in [0.15, 0.2) is 0 Å². The molecule has 0 radical (unpaired) electrons. The van der Waals surface area contributed by atoms with Crippen molar-refractivity contribution < 1.29 is 14.6 Å². The van der Waals surface area contributed by atoms with E-state index in [1.54, 1.807) is 30.5 Å². The van der Waals surface area contributed by atoms with Crippen molar-refractivity contribution in [3.8, 4) is 5.75 Å². The minimum absolute atomic E-state index is 0.253. The average molecular weight is 422 g/mol. The lowest BCUT2D eigenvalue weighted by Crippen LogP contribution is -2.09. The number of carboxylic acid groups (broad SMARTS) is 1. The molecule has 32 heavy (non-hydrogen) atoms. The van der Waals surface area contributed by atoms with Crippen molar-refractivity contribution in [3.63, 3.8) is 0 Å². The van der Waals surface area contributed by atoms with E-state index in [0.717, 1.165) is 22.5 Å². The molecule has 0 atom stereocenters. The van der Waals surface area contributed by atoms with Gasteiger partial charge < -0.3 is 9.84 Å². The molecular weight excluding hydrogens is 400 g/mol. The summed E-state index contributed by atoms with van der Waals surface area (Å²) in [6, 6.07) is 34.2. The van der Waals surface area contributed by atoms with Crippen LogP contribution in [0, 0.1) is 0 Å². The third-order valence-corrected chi connectivity index (χ3v) is 4.83. The van der Waals surface area contributed by atoms with Crippen LogP contribution in [0.3, 0.4) is 0 Å². The van der Waals surface area contributed by atoms with Gasteiger partial charge in [-0.1, -0.05) is 60.7 Å². The molecule has 4 rings (SSSR count). The number of hydrogen-bond acceptors (Lipinski definition) is 4. The highest BCUT2D eigenvalue weighted by Crippen LogP contribution is 2.26. The van der Waals surface area contributed by atoms with Crippen LogP contribution < -0.4 is 9.75 Å². The molecule has 0 bridgehead atoms. The second-order valence-corrected chi connectivity index (χ2v) is 7.06. The number of rotatable bonds is 8. The molecule has 0 aliphatic rings. The van der Waals surface area contributed by atoms with Gasteiger partial charge in [0.05, 0.1) is 23.2 Å². The average Bonchev–Trinajstić information content (AvgIpc) is 2.85. The van der Waals surface area contributed by atoms with Gasteiger partial charge in [-0.2, -0.15) is 5.10 Å². The van der Waals surface area contributed by atoms with Gasteiger partial charge in [-0.15, -0.1) is 0 Å². The summed E-state index contributed by atoms with van der Waals surface area (Å²) >= 11 is 0. The quantitative estimate of drug-likeness (QED) is 0.274. The molecule has 0 spiro atoms. The van der Waals surface area contributed by atoms with Crippen molar-refractivity contribution in [2.75, 3.05) is 5.01 Å². The summed E-state index contributed by atoms with van der Waals surface area (Å²) in [7, 11) is 0. The Morgan fingerprint density at radius 2 is 1.34 bits per heavy atom. The maximum Gasteiger partial charge on any atom is 0.335 e. The number of carbonyl (C=O) groups is 1. The molecule has 4 aromatic rings. The van der Waals surface area contributed by atoms with E-state index < -0.39 is 5.97 Å². The van der Waals surface area contributed by atoms with Crippen LogP contribution in [0.1, 0.15) is 21.5 Å². The number of hydrazone groups is 1. The van der Waals surface area contributed by atoms with Crippen LogP contribution in [-0.2, 0) is 6.61 Å². The number of para-hydroxylation sites is 3. The van der Waals surface area contributed by atoms with Crippen LogP contribution in [0.25, 0.3) is 0 Å². The van der Waals surface area contributed by atoms with E-state index in [0.29, 0.717) is 12.4 Å². The molecule has 0 heterocycles. The number of nitrogens with zero attached hydrogens (tertiary/aromatic N) is 2. The SMILES string of the molecule is O=C(O)c1ccc(COc2ccccc2/C=N/N(c2ccccc2)c2ccccc2)cc1. The Hall–Kier alpha value is -4.38. The van der Waals surface area contributed by atoms with E-state index in [4.69, 9.17) is 14.9 Å². The monoisotopic (exact) mass is 422 g/mol. The van der Waals surface area contributed by atoms with Crippen LogP contribution in [0.5, 0.6) is 5.75 Å². The molecule has 0 amide bonds. The highest BCUT2D eigenvalue weighted by Gasteiger charge is 2.08. The number of benzene rings is 4. The molecule has 0 aliphatic carbocycles. The standard InChI is InChI=1S/C27H22N2O3/c30-27(31)22-17-15-21(16-18-22)20-32-26-14-8-7-9-23(26)19-28-29(24-10-3-1-4-11-24)25-12-5-2-6-13-25/h1-19H,20H2,(H,30,31)/b28-19+. The first-order chi connectivity index (χ1) is 15.7. The number of ether oxygens (including phenoxy) is 1. The molecule has 158 valence electrons. The van der Waals surface area contributed by atoms with Crippen molar-refractivity contribution in [1.82, 2.24) is 0 Å². The van der Waals surface area contributed by atoms with E-state index in [-0.39, 0.29) is 5.56 Å². The van der Waals surface area contributed by atoms with Gasteiger partial charge in [-0.25, -0.2) is 9.80 Å². The normalized spacial score (nSPS) is 10.8. The lowest BCUT2D eigenvalue weighted by molar-refractivity contribution is 0.0697. The second kappa shape index (κ2) is 10.1. The van der Waals surface area contributed by atoms with Crippen molar-refractivity contribution in [1.29, 1.82) is 0 Å². The highest BCUT2D eigenvalue weighted by molar-refractivity contribution is 5.87. The molecule has 0 aromatic heterocycles. The van der Waals surface area contributed by atoms with Gasteiger partial charge in [0.2, 0.25) is 0 Å². The molecule has 5 heteroatoms. The lowest BCUT2D eigenvalue weighted by atomic mass is 10.1. The molecule has 0 saturated heterocycles. The molecule has 1 N–H and O–H groups in total. The minimum Gasteiger partial charge on any atom is -0.488 e. The summed E-state index contributed by atoms with van der Waals surface area (Å²) in [6.07, 6.45) is 1.78. The van der Waals surface area contributed by atoms with Gasteiger partial charge in [-0.3, -0.25) is 0 Å². The summed E-state index contributed by atoms with van der Waals surface area (Å²) in [5, 5.41) is 15.7. The summed E-state index contributed by atoms with van der Waals surface area (Å²) < 4.78 is 6.01. The summed E-state index contributed by atoms with van der Waals surface area (Å²) in [4.78, 5) is 11.0. The predicted molar refractivity (Wildman–Crippen MR) is 127 cm³/mol. The molecule has 0 fully saturated rings. The van der Waals surface area contributed by atoms with Gasteiger partial charge in [0.1, 0.15) is 12.4 Å². The smallest absolute Gasteiger partial charge is 0.335 e. The molecule has 4 aromatic carbocycles. The first kappa shape index (κ1) is 20.9. The van der Waals surface area contributed by atoms with Crippen LogP contribution in [-0.4, -0.2) is 17.3 Å². The Morgan fingerprint density at radius 3 is 1.94 bits per heavy atom. The maximum atomic E-state index is 11.0. The molecular formula is C27H22N2O3. The number of anilines is 2. The molecule has 0 aliphatic heterocycles. The van der Waals surface area contributed by atoms with E-state index in [1.165, 1.54) is 0 Å². The third kappa shape index (κ3) is 5.21. The molecule has 0 unspecified atom stereocenters. The second-order valence-electron chi connectivity index (χ2n) is 7.06. The fraction of sp³-hybridized carbons (Fsp3) is 0.0370. The Bertz CT molecular complexity index is 1150. The third-order valence-electron chi connectivity index (χ3n) is 4.83. The molecule has 5 nitrogen and oxygen atoms in total. The summed E-state index contributed by atoms with van der Waals surface area (Å²) in [5.74, 6) is -0.250. The number of carboxylic acids is 1. The fourth-order valence-electron chi connectivity index (χ4n) is 3.16. The van der Waals surface area contributed by atoms with E-state index >= 15 is 0 Å². The van der Waals surface area contributed by atoms with Crippen LogP contribution in [0.4, 0.5) is 11.4 Å². The number of aromatic carboxylic acids is 1. The van der Waals surface area contributed by atoms with Crippen LogP contribution >= 0.6 is 0 Å². The zero-order chi connectivity index (χ0) is 22.2. The van der Waals surface area contributed by atoms with Crippen molar-refractivity contribution >= 4 is 23.6 Å². The zero-order valence-corrected chi connectivity index (χ0v) is 17.3. The molecule has 0 saturated carbocycles. The zero-order valence-electron chi connectivity index (χ0n) is 17.3. The largest absolute Gasteiger partial charge is 0.488 e. The van der Waals surface area contributed by atoms with Gasteiger partial charge in [0, 0.05) is 5.56 Å². The minimum atomic E-state index is -0.944.